The molecule has 8 nitrogen and oxygen atoms in total. The van der Waals surface area contributed by atoms with E-state index in [2.05, 4.69) is 32.1 Å². The second-order valence-corrected chi connectivity index (χ2v) is 8.34. The number of thiazole rings is 1. The number of nitrogens with zero attached hydrogens (tertiary/aromatic N) is 3. The Balaban J connectivity index is 1.48. The predicted molar refractivity (Wildman–Crippen MR) is 127 cm³/mol. The van der Waals surface area contributed by atoms with Crippen LogP contribution in [0.1, 0.15) is 15.6 Å². The molecule has 9 heteroatoms. The standard InChI is InChI=1S/C22H28N6O2S/c1-15-22(31-17(3)25-15)20(23)8-9-24-16(2)26-18-4-6-19(7-5-18)27-21(29)14-28-10-12-30-13-11-28/h4-9,26H,2,10-14,23H2,1,3H3,(H,27,29)/b20-8-,24-9?. The summed E-state index contributed by atoms with van der Waals surface area (Å²) in [6, 6.07) is 7.39. The molecule has 1 amide bonds. The summed E-state index contributed by atoms with van der Waals surface area (Å²) in [7, 11) is 0. The number of benzene rings is 1. The van der Waals surface area contributed by atoms with Crippen LogP contribution in [0.3, 0.4) is 0 Å². The molecular weight excluding hydrogens is 412 g/mol. The van der Waals surface area contributed by atoms with Gasteiger partial charge in [0.2, 0.25) is 5.91 Å². The van der Waals surface area contributed by atoms with Crippen molar-refractivity contribution in [3.05, 3.63) is 58.3 Å². The Morgan fingerprint density at radius 2 is 1.90 bits per heavy atom. The third-order valence-corrected chi connectivity index (χ3v) is 5.70. The van der Waals surface area contributed by atoms with Crippen molar-refractivity contribution in [2.24, 2.45) is 10.7 Å². The van der Waals surface area contributed by atoms with Gasteiger partial charge in [-0.15, -0.1) is 11.3 Å². The van der Waals surface area contributed by atoms with Gasteiger partial charge in [0.05, 0.1) is 41.0 Å². The van der Waals surface area contributed by atoms with Gasteiger partial charge in [0.1, 0.15) is 5.82 Å². The second kappa shape index (κ2) is 10.9. The molecule has 0 bridgehead atoms. The van der Waals surface area contributed by atoms with Crippen LogP contribution < -0.4 is 16.4 Å². The summed E-state index contributed by atoms with van der Waals surface area (Å²) < 4.78 is 5.30. The zero-order valence-corrected chi connectivity index (χ0v) is 18.7. The van der Waals surface area contributed by atoms with Gasteiger partial charge < -0.3 is 21.1 Å². The molecule has 31 heavy (non-hydrogen) atoms. The van der Waals surface area contributed by atoms with E-state index in [1.54, 1.807) is 23.6 Å². The number of nitrogens with two attached hydrogens (primary N) is 1. The number of aryl methyl sites for hydroxylation is 2. The maximum Gasteiger partial charge on any atom is 0.238 e. The number of nitrogens with one attached hydrogen (secondary N) is 2. The Kier molecular flexibility index (Phi) is 7.94. The molecule has 0 atom stereocenters. The predicted octanol–water partition coefficient (Wildman–Crippen LogP) is 2.98. The highest BCUT2D eigenvalue weighted by molar-refractivity contribution is 7.12. The highest BCUT2D eigenvalue weighted by atomic mass is 32.1. The molecule has 164 valence electrons. The van der Waals surface area contributed by atoms with Crippen LogP contribution in [0, 0.1) is 13.8 Å². The third-order valence-electron chi connectivity index (χ3n) is 4.58. The van der Waals surface area contributed by atoms with Gasteiger partial charge in [-0.05, 0) is 44.2 Å². The number of hydrogen-bond donors (Lipinski definition) is 3. The fourth-order valence-corrected chi connectivity index (χ4v) is 3.94. The molecule has 2 aromatic rings. The minimum atomic E-state index is -0.0348. The maximum absolute atomic E-state index is 12.2. The topological polar surface area (TPSA) is 105 Å². The van der Waals surface area contributed by atoms with Gasteiger partial charge in [0, 0.05) is 30.7 Å². The monoisotopic (exact) mass is 440 g/mol. The highest BCUT2D eigenvalue weighted by Gasteiger charge is 2.14. The van der Waals surface area contributed by atoms with Crippen LogP contribution in [0.4, 0.5) is 11.4 Å². The van der Waals surface area contributed by atoms with E-state index >= 15 is 0 Å². The maximum atomic E-state index is 12.2. The Labute approximate surface area is 186 Å². The van der Waals surface area contributed by atoms with E-state index in [-0.39, 0.29) is 5.91 Å². The van der Waals surface area contributed by atoms with Gasteiger partial charge in [0.15, 0.2) is 0 Å². The lowest BCUT2D eigenvalue weighted by molar-refractivity contribution is -0.118. The van der Waals surface area contributed by atoms with Crippen molar-refractivity contribution < 1.29 is 9.53 Å². The number of hydrogen-bond acceptors (Lipinski definition) is 8. The van der Waals surface area contributed by atoms with Crippen LogP contribution in [0.25, 0.3) is 5.70 Å². The number of amides is 1. The molecule has 1 saturated heterocycles. The van der Waals surface area contributed by atoms with Gasteiger partial charge in [-0.25, -0.2) is 9.98 Å². The lowest BCUT2D eigenvalue weighted by atomic mass is 10.2. The van der Waals surface area contributed by atoms with E-state index in [0.717, 1.165) is 40.0 Å². The highest BCUT2D eigenvalue weighted by Crippen LogP contribution is 2.22. The Morgan fingerprint density at radius 3 is 2.52 bits per heavy atom. The minimum absolute atomic E-state index is 0.0348. The van der Waals surface area contributed by atoms with Gasteiger partial charge in [0.25, 0.3) is 0 Å². The Hall–Kier alpha value is -3.01. The zero-order valence-electron chi connectivity index (χ0n) is 17.9. The first-order valence-electron chi connectivity index (χ1n) is 10.0. The molecule has 0 spiro atoms. The molecule has 1 aliphatic rings. The van der Waals surface area contributed by atoms with E-state index in [4.69, 9.17) is 10.5 Å². The fraction of sp³-hybridized carbons (Fsp3) is 0.318. The van der Waals surface area contributed by atoms with Crippen LogP contribution in [-0.2, 0) is 9.53 Å². The fourth-order valence-electron chi connectivity index (χ4n) is 3.08. The van der Waals surface area contributed by atoms with Crippen LogP contribution >= 0.6 is 11.3 Å². The number of allylic oxidation sites excluding steroid dienone is 1. The average molecular weight is 441 g/mol. The Bertz CT molecular complexity index is 974. The molecule has 1 fully saturated rings. The third kappa shape index (κ3) is 7.02. The summed E-state index contributed by atoms with van der Waals surface area (Å²) in [6.45, 7) is 11.1. The summed E-state index contributed by atoms with van der Waals surface area (Å²) in [6.07, 6.45) is 3.35. The van der Waals surface area contributed by atoms with E-state index in [1.165, 1.54) is 0 Å². The summed E-state index contributed by atoms with van der Waals surface area (Å²) in [4.78, 5) is 23.9. The van der Waals surface area contributed by atoms with E-state index in [9.17, 15) is 4.79 Å². The molecule has 1 aliphatic heterocycles. The SMILES string of the molecule is C=C(N=C/C=C(\N)c1sc(C)nc1C)Nc1ccc(NC(=O)CN2CCOCC2)cc1. The molecular formula is C22H28N6O2S. The van der Waals surface area contributed by atoms with Crippen LogP contribution in [0.15, 0.2) is 47.7 Å². The first kappa shape index (κ1) is 22.7. The zero-order chi connectivity index (χ0) is 22.2. The van der Waals surface area contributed by atoms with Crippen molar-refractivity contribution in [2.75, 3.05) is 43.5 Å². The van der Waals surface area contributed by atoms with Crippen LogP contribution in [-0.4, -0.2) is 54.9 Å². The molecule has 2 heterocycles. The van der Waals surface area contributed by atoms with Crippen molar-refractivity contribution >= 4 is 40.5 Å². The number of aliphatic imine (C=N–C) groups is 1. The summed E-state index contributed by atoms with van der Waals surface area (Å²) >= 11 is 1.56. The number of ether oxygens (including phenoxy) is 1. The van der Waals surface area contributed by atoms with E-state index in [0.29, 0.717) is 31.3 Å². The van der Waals surface area contributed by atoms with Crippen molar-refractivity contribution in [3.63, 3.8) is 0 Å². The first-order chi connectivity index (χ1) is 14.9. The van der Waals surface area contributed by atoms with E-state index in [1.807, 2.05) is 38.1 Å². The molecule has 3 rings (SSSR count). The average Bonchev–Trinajstić information content (AvgIpc) is 3.08. The molecule has 1 aromatic heterocycles. The largest absolute Gasteiger partial charge is 0.397 e. The van der Waals surface area contributed by atoms with E-state index < -0.39 is 0 Å². The molecule has 4 N–H and O–H groups in total. The second-order valence-electron chi connectivity index (χ2n) is 7.13. The number of carbonyl (C=O) groups excluding carboxylic acids is 1. The Morgan fingerprint density at radius 1 is 1.26 bits per heavy atom. The number of rotatable bonds is 8. The van der Waals surface area contributed by atoms with Gasteiger partial charge in [-0.2, -0.15) is 0 Å². The lowest BCUT2D eigenvalue weighted by Gasteiger charge is -2.25. The van der Waals surface area contributed by atoms with Crippen LogP contribution in [0.5, 0.6) is 0 Å². The number of carbonyl (C=O) groups is 1. The molecule has 0 saturated carbocycles. The van der Waals surface area contributed by atoms with Crippen molar-refractivity contribution in [2.45, 2.75) is 13.8 Å². The number of aromatic nitrogens is 1. The number of anilines is 2. The van der Waals surface area contributed by atoms with Gasteiger partial charge in [-0.1, -0.05) is 6.58 Å². The van der Waals surface area contributed by atoms with Crippen molar-refractivity contribution in [1.82, 2.24) is 9.88 Å². The first-order valence-corrected chi connectivity index (χ1v) is 10.8. The molecule has 0 unspecified atom stereocenters. The molecule has 0 radical (unpaired) electrons. The smallest absolute Gasteiger partial charge is 0.238 e. The van der Waals surface area contributed by atoms with Gasteiger partial charge in [-0.3, -0.25) is 9.69 Å². The van der Waals surface area contributed by atoms with Crippen LogP contribution in [0.2, 0.25) is 0 Å². The normalized spacial score (nSPS) is 15.2. The quantitative estimate of drug-likeness (QED) is 0.545. The summed E-state index contributed by atoms with van der Waals surface area (Å²) in [5.74, 6) is 0.442. The van der Waals surface area contributed by atoms with Gasteiger partial charge >= 0.3 is 0 Å². The molecule has 1 aromatic carbocycles. The lowest BCUT2D eigenvalue weighted by Crippen LogP contribution is -2.41. The van der Waals surface area contributed by atoms with Crippen molar-refractivity contribution in [3.8, 4) is 0 Å². The molecule has 0 aliphatic carbocycles. The summed E-state index contributed by atoms with van der Waals surface area (Å²) in [5, 5.41) is 7.00. The summed E-state index contributed by atoms with van der Waals surface area (Å²) in [5.41, 5.74) is 9.21. The number of morpholine rings is 1. The van der Waals surface area contributed by atoms with Crippen molar-refractivity contribution in [1.29, 1.82) is 0 Å². The minimum Gasteiger partial charge on any atom is -0.397 e.